The normalized spacial score (nSPS) is 17.0. The van der Waals surface area contributed by atoms with Gasteiger partial charge in [0.1, 0.15) is 5.75 Å². The van der Waals surface area contributed by atoms with Gasteiger partial charge in [-0.15, -0.1) is 0 Å². The topological polar surface area (TPSA) is 51.5 Å². The maximum Gasteiger partial charge on any atom is 0.337 e. The summed E-state index contributed by atoms with van der Waals surface area (Å²) >= 11 is 3.39. The van der Waals surface area contributed by atoms with Crippen LogP contribution < -0.4 is 4.74 Å². The van der Waals surface area contributed by atoms with E-state index in [0.29, 0.717) is 18.7 Å². The third kappa shape index (κ3) is 2.26. The number of aromatic nitrogens is 1. The lowest BCUT2D eigenvalue weighted by atomic mass is 10.0. The van der Waals surface area contributed by atoms with Gasteiger partial charge in [0, 0.05) is 24.2 Å². The molecule has 0 aliphatic carbocycles. The Hall–Kier alpha value is -1.75. The number of hydrogen-bond donors (Lipinski definition) is 1. The zero-order valence-electron chi connectivity index (χ0n) is 10.0. The van der Waals surface area contributed by atoms with Crippen LogP contribution in [0.3, 0.4) is 0 Å². The molecule has 5 heteroatoms. The summed E-state index contributed by atoms with van der Waals surface area (Å²) in [4.78, 5) is 10.9. The molecule has 0 saturated carbocycles. The number of para-hydroxylation sites is 1. The summed E-state index contributed by atoms with van der Waals surface area (Å²) in [6.45, 7) is 1.33. The van der Waals surface area contributed by atoms with Crippen molar-refractivity contribution in [2.45, 2.75) is 12.5 Å². The Bertz CT molecular complexity index is 635. The van der Waals surface area contributed by atoms with E-state index in [-0.39, 0.29) is 5.92 Å². The molecular formula is C14H12BrNO3. The molecule has 1 aliphatic rings. The molecule has 1 aromatic carbocycles. The van der Waals surface area contributed by atoms with Crippen LogP contribution in [0, 0.1) is 0 Å². The van der Waals surface area contributed by atoms with E-state index < -0.39 is 5.97 Å². The predicted molar refractivity (Wildman–Crippen MR) is 73.8 cm³/mol. The Morgan fingerprint density at radius 2 is 2.26 bits per heavy atom. The molecule has 1 aromatic heterocycles. The number of hydrogen-bond acceptors (Lipinski definition) is 2. The van der Waals surface area contributed by atoms with Gasteiger partial charge in [-0.1, -0.05) is 18.2 Å². The number of ether oxygens (including phenoxy) is 1. The molecule has 3 rings (SSSR count). The van der Waals surface area contributed by atoms with Crippen molar-refractivity contribution in [2.75, 3.05) is 6.61 Å². The van der Waals surface area contributed by atoms with E-state index in [1.165, 1.54) is 5.56 Å². The lowest BCUT2D eigenvalue weighted by Crippen LogP contribution is -2.10. The minimum absolute atomic E-state index is 0.251. The molecule has 1 atom stereocenters. The fraction of sp³-hybridized carbons (Fsp3) is 0.214. The van der Waals surface area contributed by atoms with Gasteiger partial charge < -0.3 is 14.4 Å². The Balaban J connectivity index is 1.85. The molecule has 2 heterocycles. The SMILES string of the molecule is O=C(O)c1cc(Br)n(CC2COc3ccccc32)c1. The second-order valence-electron chi connectivity index (χ2n) is 4.55. The van der Waals surface area contributed by atoms with Crippen LogP contribution in [0.2, 0.25) is 0 Å². The van der Waals surface area contributed by atoms with Crippen LogP contribution in [0.25, 0.3) is 0 Å². The third-order valence-electron chi connectivity index (χ3n) is 3.31. The highest BCUT2D eigenvalue weighted by molar-refractivity contribution is 9.10. The first-order valence-corrected chi connectivity index (χ1v) is 6.75. The summed E-state index contributed by atoms with van der Waals surface area (Å²) in [7, 11) is 0. The summed E-state index contributed by atoms with van der Waals surface area (Å²) in [6, 6.07) is 9.58. The minimum atomic E-state index is -0.914. The number of carboxylic acid groups (broad SMARTS) is 1. The van der Waals surface area contributed by atoms with Crippen LogP contribution in [-0.4, -0.2) is 22.2 Å². The molecule has 0 spiro atoms. The van der Waals surface area contributed by atoms with Crippen molar-refractivity contribution in [3.8, 4) is 5.75 Å². The zero-order valence-corrected chi connectivity index (χ0v) is 11.6. The van der Waals surface area contributed by atoms with Gasteiger partial charge in [-0.2, -0.15) is 0 Å². The summed E-state index contributed by atoms with van der Waals surface area (Å²) < 4.78 is 8.31. The first kappa shape index (κ1) is 12.3. The van der Waals surface area contributed by atoms with Crippen LogP contribution in [0.4, 0.5) is 0 Å². The monoisotopic (exact) mass is 321 g/mol. The lowest BCUT2D eigenvalue weighted by Gasteiger charge is -2.11. The van der Waals surface area contributed by atoms with Crippen molar-refractivity contribution in [2.24, 2.45) is 0 Å². The van der Waals surface area contributed by atoms with E-state index in [1.54, 1.807) is 12.3 Å². The second-order valence-corrected chi connectivity index (χ2v) is 5.37. The number of carboxylic acids is 1. The van der Waals surface area contributed by atoms with E-state index in [4.69, 9.17) is 9.84 Å². The van der Waals surface area contributed by atoms with Gasteiger partial charge in [0.15, 0.2) is 0 Å². The summed E-state index contributed by atoms with van der Waals surface area (Å²) in [6.07, 6.45) is 1.65. The van der Waals surface area contributed by atoms with Crippen molar-refractivity contribution in [3.05, 3.63) is 52.3 Å². The van der Waals surface area contributed by atoms with Crippen LogP contribution >= 0.6 is 15.9 Å². The first-order chi connectivity index (χ1) is 9.15. The molecule has 0 saturated heterocycles. The van der Waals surface area contributed by atoms with E-state index in [9.17, 15) is 4.79 Å². The molecule has 1 N–H and O–H groups in total. The van der Waals surface area contributed by atoms with Crippen LogP contribution in [-0.2, 0) is 6.54 Å². The minimum Gasteiger partial charge on any atom is -0.493 e. The number of halogens is 1. The Morgan fingerprint density at radius 1 is 1.47 bits per heavy atom. The number of nitrogens with zero attached hydrogens (tertiary/aromatic N) is 1. The van der Waals surface area contributed by atoms with Crippen LogP contribution in [0.5, 0.6) is 5.75 Å². The van der Waals surface area contributed by atoms with Crippen molar-refractivity contribution in [1.29, 1.82) is 0 Å². The number of rotatable bonds is 3. The summed E-state index contributed by atoms with van der Waals surface area (Å²) in [5.41, 5.74) is 1.47. The highest BCUT2D eigenvalue weighted by Gasteiger charge is 2.24. The Morgan fingerprint density at radius 3 is 3.00 bits per heavy atom. The zero-order chi connectivity index (χ0) is 13.4. The van der Waals surface area contributed by atoms with Crippen LogP contribution in [0.15, 0.2) is 41.1 Å². The Kier molecular flexibility index (Phi) is 3.06. The quantitative estimate of drug-likeness (QED) is 0.944. The van der Waals surface area contributed by atoms with Crippen molar-refractivity contribution in [3.63, 3.8) is 0 Å². The molecule has 0 amide bonds. The fourth-order valence-corrected chi connectivity index (χ4v) is 2.85. The van der Waals surface area contributed by atoms with Gasteiger partial charge in [0.2, 0.25) is 0 Å². The highest BCUT2D eigenvalue weighted by atomic mass is 79.9. The maximum absolute atomic E-state index is 10.9. The first-order valence-electron chi connectivity index (χ1n) is 5.96. The molecule has 1 aliphatic heterocycles. The van der Waals surface area contributed by atoms with Gasteiger partial charge in [0.05, 0.1) is 16.8 Å². The van der Waals surface area contributed by atoms with Gasteiger partial charge >= 0.3 is 5.97 Å². The second kappa shape index (κ2) is 4.74. The molecule has 2 aromatic rings. The van der Waals surface area contributed by atoms with Crippen molar-refractivity contribution in [1.82, 2.24) is 4.57 Å². The smallest absolute Gasteiger partial charge is 0.337 e. The molecule has 98 valence electrons. The number of fused-ring (bicyclic) bond motifs is 1. The lowest BCUT2D eigenvalue weighted by molar-refractivity contribution is 0.0697. The number of benzene rings is 1. The largest absolute Gasteiger partial charge is 0.493 e. The highest BCUT2D eigenvalue weighted by Crippen LogP contribution is 2.35. The molecule has 0 fully saturated rings. The van der Waals surface area contributed by atoms with Gasteiger partial charge in [-0.3, -0.25) is 0 Å². The van der Waals surface area contributed by atoms with Crippen LogP contribution in [0.1, 0.15) is 21.8 Å². The third-order valence-corrected chi connectivity index (χ3v) is 3.99. The fourth-order valence-electron chi connectivity index (χ4n) is 2.35. The van der Waals surface area contributed by atoms with Gasteiger partial charge in [-0.05, 0) is 28.1 Å². The average Bonchev–Trinajstić information content (AvgIpc) is 2.96. The summed E-state index contributed by atoms with van der Waals surface area (Å²) in [5.74, 6) is 0.262. The van der Waals surface area contributed by atoms with Crippen molar-refractivity contribution >= 4 is 21.9 Å². The van der Waals surface area contributed by atoms with E-state index in [1.807, 2.05) is 22.8 Å². The number of carbonyl (C=O) groups is 1. The molecule has 0 bridgehead atoms. The van der Waals surface area contributed by atoms with E-state index >= 15 is 0 Å². The molecular weight excluding hydrogens is 310 g/mol. The molecule has 1 unspecified atom stereocenters. The van der Waals surface area contributed by atoms with E-state index in [2.05, 4.69) is 22.0 Å². The van der Waals surface area contributed by atoms with Gasteiger partial charge in [-0.25, -0.2) is 4.79 Å². The molecule has 0 radical (unpaired) electrons. The Labute approximate surface area is 118 Å². The van der Waals surface area contributed by atoms with E-state index in [0.717, 1.165) is 10.4 Å². The van der Waals surface area contributed by atoms with Crippen molar-refractivity contribution < 1.29 is 14.6 Å². The maximum atomic E-state index is 10.9. The van der Waals surface area contributed by atoms with Gasteiger partial charge in [0.25, 0.3) is 0 Å². The summed E-state index contributed by atoms with van der Waals surface area (Å²) in [5, 5.41) is 8.98. The predicted octanol–water partition coefficient (Wildman–Crippen LogP) is 3.13. The molecule has 4 nitrogen and oxygen atoms in total. The standard InChI is InChI=1S/C14H12BrNO3/c15-13-5-9(14(17)18)6-16(13)7-10-8-19-12-4-2-1-3-11(10)12/h1-6,10H,7-8H2,(H,17,18). The average molecular weight is 322 g/mol. The number of aromatic carboxylic acids is 1. The molecule has 19 heavy (non-hydrogen) atoms.